The highest BCUT2D eigenvalue weighted by atomic mass is 19.1. The summed E-state index contributed by atoms with van der Waals surface area (Å²) in [5.41, 5.74) is 0.430. The van der Waals surface area contributed by atoms with Gasteiger partial charge in [-0.2, -0.15) is 0 Å². The van der Waals surface area contributed by atoms with Crippen LogP contribution in [0.25, 0.3) is 0 Å². The highest BCUT2D eigenvalue weighted by molar-refractivity contribution is 5.89. The van der Waals surface area contributed by atoms with Crippen LogP contribution in [0.5, 0.6) is 17.2 Å². The van der Waals surface area contributed by atoms with Gasteiger partial charge >= 0.3 is 6.03 Å². The second kappa shape index (κ2) is 9.30. The molecule has 150 valence electrons. The van der Waals surface area contributed by atoms with E-state index in [1.165, 1.54) is 12.1 Å². The number of ether oxygens (including phenoxy) is 3. The van der Waals surface area contributed by atoms with Crippen LogP contribution >= 0.6 is 0 Å². The zero-order chi connectivity index (χ0) is 19.9. The Morgan fingerprint density at radius 1 is 1.00 bits per heavy atom. The van der Waals surface area contributed by atoms with E-state index in [2.05, 4.69) is 10.6 Å². The van der Waals surface area contributed by atoms with Gasteiger partial charge < -0.3 is 24.8 Å². The lowest BCUT2D eigenvalue weighted by atomic mass is 9.93. The van der Waals surface area contributed by atoms with Gasteiger partial charge in [0.2, 0.25) is 5.75 Å². The monoisotopic (exact) mass is 388 g/mol. The molecule has 2 aromatic rings. The summed E-state index contributed by atoms with van der Waals surface area (Å²) < 4.78 is 30.0. The van der Waals surface area contributed by atoms with Crippen LogP contribution in [0.2, 0.25) is 0 Å². The van der Waals surface area contributed by atoms with Crippen molar-refractivity contribution >= 4 is 11.7 Å². The minimum absolute atomic E-state index is 0.0466. The van der Waals surface area contributed by atoms with Gasteiger partial charge in [-0.25, -0.2) is 9.18 Å². The molecule has 1 aliphatic rings. The fourth-order valence-corrected chi connectivity index (χ4v) is 3.37. The predicted molar refractivity (Wildman–Crippen MR) is 105 cm³/mol. The summed E-state index contributed by atoms with van der Waals surface area (Å²) in [6, 6.07) is 11.1. The van der Waals surface area contributed by atoms with E-state index in [9.17, 15) is 9.18 Å². The number of nitrogens with one attached hydrogen (secondary N) is 2. The SMILES string of the molecule is COc1cccc(OC2CCC(NC(=O)Nc3cccc(F)c3)CC2)c1OC. The normalized spacial score (nSPS) is 18.8. The highest BCUT2D eigenvalue weighted by Crippen LogP contribution is 2.38. The number of amides is 2. The molecule has 7 heteroatoms. The average molecular weight is 388 g/mol. The van der Waals surface area contributed by atoms with Crippen molar-refractivity contribution in [2.24, 2.45) is 0 Å². The van der Waals surface area contributed by atoms with E-state index in [4.69, 9.17) is 14.2 Å². The maximum Gasteiger partial charge on any atom is 0.319 e. The van der Waals surface area contributed by atoms with E-state index in [0.717, 1.165) is 25.7 Å². The molecule has 3 rings (SSSR count). The minimum atomic E-state index is -0.386. The molecular formula is C21H25FN2O4. The summed E-state index contributed by atoms with van der Waals surface area (Å²) in [6.07, 6.45) is 3.27. The summed E-state index contributed by atoms with van der Waals surface area (Å²) >= 11 is 0. The Bertz CT molecular complexity index is 807. The quantitative estimate of drug-likeness (QED) is 0.772. The van der Waals surface area contributed by atoms with Gasteiger partial charge in [-0.05, 0) is 56.0 Å². The van der Waals surface area contributed by atoms with Gasteiger partial charge in [0.1, 0.15) is 5.82 Å². The molecule has 28 heavy (non-hydrogen) atoms. The number of carbonyl (C=O) groups excluding carboxylic acids is 1. The fraction of sp³-hybridized carbons (Fsp3) is 0.381. The van der Waals surface area contributed by atoms with Crippen LogP contribution in [0.1, 0.15) is 25.7 Å². The van der Waals surface area contributed by atoms with Crippen molar-refractivity contribution in [3.8, 4) is 17.2 Å². The highest BCUT2D eigenvalue weighted by Gasteiger charge is 2.25. The first kappa shape index (κ1) is 19.8. The van der Waals surface area contributed by atoms with Crippen molar-refractivity contribution in [2.75, 3.05) is 19.5 Å². The third kappa shape index (κ3) is 5.06. The van der Waals surface area contributed by atoms with Crippen molar-refractivity contribution in [3.63, 3.8) is 0 Å². The van der Waals surface area contributed by atoms with E-state index in [1.54, 1.807) is 26.4 Å². The number of rotatable bonds is 6. The first-order valence-electron chi connectivity index (χ1n) is 9.29. The molecule has 1 saturated carbocycles. The summed E-state index contributed by atoms with van der Waals surface area (Å²) in [5, 5.41) is 5.60. The van der Waals surface area contributed by atoms with Gasteiger partial charge in [0, 0.05) is 11.7 Å². The van der Waals surface area contributed by atoms with Gasteiger partial charge in [0.05, 0.1) is 20.3 Å². The number of halogens is 1. The zero-order valence-corrected chi connectivity index (χ0v) is 16.0. The average Bonchev–Trinajstić information content (AvgIpc) is 2.69. The van der Waals surface area contributed by atoms with Crippen molar-refractivity contribution in [2.45, 2.75) is 37.8 Å². The van der Waals surface area contributed by atoms with E-state index < -0.39 is 0 Å². The molecule has 0 aliphatic heterocycles. The molecule has 0 saturated heterocycles. The molecule has 0 radical (unpaired) electrons. The Morgan fingerprint density at radius 3 is 2.39 bits per heavy atom. The van der Waals surface area contributed by atoms with Crippen LogP contribution in [0.4, 0.5) is 14.9 Å². The molecular weight excluding hydrogens is 363 g/mol. The standard InChI is InChI=1S/C21H25FN2O4/c1-26-18-7-4-8-19(20(18)27-2)28-17-11-9-15(10-12-17)23-21(25)24-16-6-3-5-14(22)13-16/h3-8,13,15,17H,9-12H2,1-2H3,(H2,23,24,25). The van der Waals surface area contributed by atoms with Crippen molar-refractivity contribution in [1.29, 1.82) is 0 Å². The van der Waals surface area contributed by atoms with Crippen LogP contribution in [0.15, 0.2) is 42.5 Å². The lowest BCUT2D eigenvalue weighted by Gasteiger charge is -2.30. The molecule has 6 nitrogen and oxygen atoms in total. The third-order valence-electron chi connectivity index (χ3n) is 4.75. The third-order valence-corrected chi connectivity index (χ3v) is 4.75. The molecule has 0 spiro atoms. The van der Waals surface area contributed by atoms with Crippen LogP contribution in [0.3, 0.4) is 0 Å². The van der Waals surface area contributed by atoms with Gasteiger partial charge in [-0.3, -0.25) is 0 Å². The molecule has 0 atom stereocenters. The number of hydrogen-bond acceptors (Lipinski definition) is 4. The van der Waals surface area contributed by atoms with Crippen molar-refractivity contribution < 1.29 is 23.4 Å². The molecule has 1 fully saturated rings. The number of hydrogen-bond donors (Lipinski definition) is 2. The smallest absolute Gasteiger partial charge is 0.319 e. The number of carbonyl (C=O) groups is 1. The summed E-state index contributed by atoms with van der Waals surface area (Å²) in [7, 11) is 3.18. The van der Waals surface area contributed by atoms with E-state index in [1.807, 2.05) is 18.2 Å². The largest absolute Gasteiger partial charge is 0.493 e. The first-order valence-corrected chi connectivity index (χ1v) is 9.29. The van der Waals surface area contributed by atoms with E-state index in [0.29, 0.717) is 22.9 Å². The van der Waals surface area contributed by atoms with Crippen molar-refractivity contribution in [1.82, 2.24) is 5.32 Å². The number of methoxy groups -OCH3 is 2. The Kier molecular flexibility index (Phi) is 6.57. The maximum atomic E-state index is 13.2. The molecule has 2 N–H and O–H groups in total. The predicted octanol–water partition coefficient (Wildman–Crippen LogP) is 4.35. The molecule has 0 aromatic heterocycles. The van der Waals surface area contributed by atoms with Crippen molar-refractivity contribution in [3.05, 3.63) is 48.3 Å². The Hall–Kier alpha value is -2.96. The Morgan fingerprint density at radius 2 is 1.71 bits per heavy atom. The zero-order valence-electron chi connectivity index (χ0n) is 16.0. The topological polar surface area (TPSA) is 68.8 Å². The molecule has 1 aliphatic carbocycles. The number of para-hydroxylation sites is 1. The fourth-order valence-electron chi connectivity index (χ4n) is 3.37. The summed E-state index contributed by atoms with van der Waals surface area (Å²) in [5.74, 6) is 1.48. The van der Waals surface area contributed by atoms with E-state index >= 15 is 0 Å². The second-order valence-electron chi connectivity index (χ2n) is 6.69. The Labute approximate surface area is 164 Å². The molecule has 2 amide bonds. The summed E-state index contributed by atoms with van der Waals surface area (Å²) in [4.78, 5) is 12.1. The van der Waals surface area contributed by atoms with Gasteiger partial charge in [-0.15, -0.1) is 0 Å². The maximum absolute atomic E-state index is 13.2. The van der Waals surface area contributed by atoms with Crippen LogP contribution in [-0.2, 0) is 0 Å². The summed E-state index contributed by atoms with van der Waals surface area (Å²) in [6.45, 7) is 0. The molecule has 0 unspecified atom stereocenters. The van der Waals surface area contributed by atoms with Crippen LogP contribution in [0, 0.1) is 5.82 Å². The number of anilines is 1. The molecule has 2 aromatic carbocycles. The lowest BCUT2D eigenvalue weighted by molar-refractivity contribution is 0.136. The number of urea groups is 1. The lowest BCUT2D eigenvalue weighted by Crippen LogP contribution is -2.41. The molecule has 0 bridgehead atoms. The molecule has 0 heterocycles. The minimum Gasteiger partial charge on any atom is -0.493 e. The van der Waals surface area contributed by atoms with Gasteiger partial charge in [0.25, 0.3) is 0 Å². The van der Waals surface area contributed by atoms with E-state index in [-0.39, 0.29) is 24.0 Å². The van der Waals surface area contributed by atoms with Crippen LogP contribution in [-0.4, -0.2) is 32.4 Å². The Balaban J connectivity index is 1.49. The van der Waals surface area contributed by atoms with Crippen LogP contribution < -0.4 is 24.8 Å². The van der Waals surface area contributed by atoms with Gasteiger partial charge in [-0.1, -0.05) is 12.1 Å². The first-order chi connectivity index (χ1) is 13.6. The number of benzene rings is 2. The van der Waals surface area contributed by atoms with Gasteiger partial charge in [0.15, 0.2) is 11.5 Å². The second-order valence-corrected chi connectivity index (χ2v) is 6.69.